The van der Waals surface area contributed by atoms with E-state index in [-0.39, 0.29) is 17.6 Å². The van der Waals surface area contributed by atoms with E-state index in [1.54, 1.807) is 18.4 Å². The Morgan fingerprint density at radius 1 is 1.17 bits per heavy atom. The Labute approximate surface area is 110 Å². The van der Waals surface area contributed by atoms with Gasteiger partial charge in [0.05, 0.1) is 5.56 Å². The molecule has 0 saturated carbocycles. The standard InChI is InChI=1S/C13H18F3NS/c1-12(2,3)17-8-9-5-6-10(18-4)7-11(9)13(14,15)16/h5-7,17H,8H2,1-4H3. The van der Waals surface area contributed by atoms with Crippen molar-refractivity contribution in [3.8, 4) is 0 Å². The van der Waals surface area contributed by atoms with E-state index in [0.717, 1.165) is 0 Å². The highest BCUT2D eigenvalue weighted by atomic mass is 32.2. The van der Waals surface area contributed by atoms with Crippen LogP contribution in [-0.4, -0.2) is 11.8 Å². The van der Waals surface area contributed by atoms with Gasteiger partial charge in [0.25, 0.3) is 0 Å². The first-order chi connectivity index (χ1) is 8.13. The van der Waals surface area contributed by atoms with Gasteiger partial charge >= 0.3 is 6.18 Å². The van der Waals surface area contributed by atoms with Crippen molar-refractivity contribution in [3.05, 3.63) is 29.3 Å². The third kappa shape index (κ3) is 4.53. The zero-order valence-electron chi connectivity index (χ0n) is 11.0. The van der Waals surface area contributed by atoms with E-state index in [1.807, 2.05) is 20.8 Å². The minimum atomic E-state index is -4.30. The van der Waals surface area contributed by atoms with Crippen LogP contribution >= 0.6 is 11.8 Å². The summed E-state index contributed by atoms with van der Waals surface area (Å²) < 4.78 is 38.8. The second kappa shape index (κ2) is 5.53. The fraction of sp³-hybridized carbons (Fsp3) is 0.538. The van der Waals surface area contributed by atoms with Crippen molar-refractivity contribution in [1.82, 2.24) is 5.32 Å². The predicted molar refractivity (Wildman–Crippen MR) is 69.8 cm³/mol. The number of thioether (sulfide) groups is 1. The van der Waals surface area contributed by atoms with Crippen molar-refractivity contribution < 1.29 is 13.2 Å². The average molecular weight is 277 g/mol. The highest BCUT2D eigenvalue weighted by molar-refractivity contribution is 7.98. The van der Waals surface area contributed by atoms with E-state index < -0.39 is 11.7 Å². The van der Waals surface area contributed by atoms with Crippen LogP contribution in [0.15, 0.2) is 23.1 Å². The third-order valence-corrected chi connectivity index (χ3v) is 3.16. The van der Waals surface area contributed by atoms with Crippen molar-refractivity contribution in [2.45, 2.75) is 43.9 Å². The average Bonchev–Trinajstić information content (AvgIpc) is 2.24. The van der Waals surface area contributed by atoms with Gasteiger partial charge in [-0.1, -0.05) is 6.07 Å². The molecule has 0 aromatic heterocycles. The summed E-state index contributed by atoms with van der Waals surface area (Å²) in [5.41, 5.74) is -0.470. The van der Waals surface area contributed by atoms with Crippen LogP contribution < -0.4 is 5.32 Å². The van der Waals surface area contributed by atoms with Crippen LogP contribution in [-0.2, 0) is 12.7 Å². The molecule has 1 N–H and O–H groups in total. The minimum absolute atomic E-state index is 0.207. The van der Waals surface area contributed by atoms with Gasteiger partial charge in [-0.05, 0) is 44.7 Å². The monoisotopic (exact) mass is 277 g/mol. The van der Waals surface area contributed by atoms with Crippen molar-refractivity contribution >= 4 is 11.8 Å². The van der Waals surface area contributed by atoms with Crippen LogP contribution in [0, 0.1) is 0 Å². The molecule has 1 aromatic carbocycles. The summed E-state index contributed by atoms with van der Waals surface area (Å²) in [6.45, 7) is 6.00. The molecule has 1 nitrogen and oxygen atoms in total. The summed E-state index contributed by atoms with van der Waals surface area (Å²) in [6, 6.07) is 4.48. The van der Waals surface area contributed by atoms with Gasteiger partial charge in [-0.3, -0.25) is 0 Å². The minimum Gasteiger partial charge on any atom is -0.308 e. The number of halogens is 3. The van der Waals surface area contributed by atoms with E-state index >= 15 is 0 Å². The number of nitrogens with one attached hydrogen (secondary N) is 1. The Morgan fingerprint density at radius 2 is 1.78 bits per heavy atom. The summed E-state index contributed by atoms with van der Waals surface area (Å²) in [7, 11) is 0. The molecule has 0 bridgehead atoms. The van der Waals surface area contributed by atoms with Crippen LogP contribution in [0.2, 0.25) is 0 Å². The molecule has 1 aromatic rings. The summed E-state index contributed by atoms with van der Waals surface area (Å²) in [4.78, 5) is 0.627. The van der Waals surface area contributed by atoms with Crippen LogP contribution in [0.4, 0.5) is 13.2 Å². The molecule has 0 fully saturated rings. The lowest BCUT2D eigenvalue weighted by atomic mass is 10.0. The molecule has 0 aliphatic carbocycles. The molecule has 0 amide bonds. The van der Waals surface area contributed by atoms with E-state index in [2.05, 4.69) is 5.32 Å². The molecule has 1 rings (SSSR count). The van der Waals surface area contributed by atoms with E-state index in [4.69, 9.17) is 0 Å². The molecule has 0 unspecified atom stereocenters. The summed E-state index contributed by atoms with van der Waals surface area (Å²) in [5.74, 6) is 0. The second-order valence-electron chi connectivity index (χ2n) is 5.12. The molecular formula is C13H18F3NS. The predicted octanol–water partition coefficient (Wildman–Crippen LogP) is 4.32. The molecule has 18 heavy (non-hydrogen) atoms. The topological polar surface area (TPSA) is 12.0 Å². The van der Waals surface area contributed by atoms with E-state index in [1.165, 1.54) is 17.8 Å². The first-order valence-electron chi connectivity index (χ1n) is 5.62. The van der Waals surface area contributed by atoms with E-state index in [0.29, 0.717) is 4.90 Å². The highest BCUT2D eigenvalue weighted by Crippen LogP contribution is 2.34. The van der Waals surface area contributed by atoms with Crippen LogP contribution in [0.5, 0.6) is 0 Å². The maximum atomic E-state index is 12.9. The molecule has 0 radical (unpaired) electrons. The van der Waals surface area contributed by atoms with Gasteiger partial charge in [-0.2, -0.15) is 13.2 Å². The van der Waals surface area contributed by atoms with Gasteiger partial charge in [0.15, 0.2) is 0 Å². The molecule has 0 saturated heterocycles. The molecular weight excluding hydrogens is 259 g/mol. The lowest BCUT2D eigenvalue weighted by molar-refractivity contribution is -0.138. The fourth-order valence-electron chi connectivity index (χ4n) is 1.46. The van der Waals surface area contributed by atoms with Gasteiger partial charge in [-0.15, -0.1) is 11.8 Å². The normalized spacial score (nSPS) is 12.8. The number of rotatable bonds is 3. The third-order valence-electron chi connectivity index (χ3n) is 2.43. The van der Waals surface area contributed by atoms with Crippen LogP contribution in [0.3, 0.4) is 0 Å². The van der Waals surface area contributed by atoms with E-state index in [9.17, 15) is 13.2 Å². The quantitative estimate of drug-likeness (QED) is 0.826. The Morgan fingerprint density at radius 3 is 2.22 bits per heavy atom. The first kappa shape index (κ1) is 15.4. The molecule has 0 atom stereocenters. The molecule has 5 heteroatoms. The van der Waals surface area contributed by atoms with Crippen LogP contribution in [0.1, 0.15) is 31.9 Å². The Kier molecular flexibility index (Phi) is 4.72. The van der Waals surface area contributed by atoms with Gasteiger partial charge in [-0.25, -0.2) is 0 Å². The van der Waals surface area contributed by atoms with Crippen molar-refractivity contribution in [2.24, 2.45) is 0 Å². The van der Waals surface area contributed by atoms with Crippen LogP contribution in [0.25, 0.3) is 0 Å². The summed E-state index contributed by atoms with van der Waals surface area (Å²) >= 11 is 1.31. The molecule has 0 aliphatic heterocycles. The molecule has 0 aliphatic rings. The molecule has 102 valence electrons. The summed E-state index contributed by atoms with van der Waals surface area (Å²) in [6.07, 6.45) is -2.54. The lowest BCUT2D eigenvalue weighted by Gasteiger charge is -2.22. The van der Waals surface area contributed by atoms with Gasteiger partial charge in [0, 0.05) is 17.0 Å². The second-order valence-corrected chi connectivity index (χ2v) is 6.00. The number of benzene rings is 1. The number of alkyl halides is 3. The smallest absolute Gasteiger partial charge is 0.308 e. The maximum absolute atomic E-state index is 12.9. The summed E-state index contributed by atoms with van der Waals surface area (Å²) in [5, 5.41) is 3.08. The Hall–Kier alpha value is -0.680. The Bertz CT molecular complexity index is 408. The number of hydrogen-bond acceptors (Lipinski definition) is 2. The van der Waals surface area contributed by atoms with Crippen molar-refractivity contribution in [2.75, 3.05) is 6.26 Å². The SMILES string of the molecule is CSc1ccc(CNC(C)(C)C)c(C(F)(F)F)c1. The lowest BCUT2D eigenvalue weighted by Crippen LogP contribution is -2.35. The van der Waals surface area contributed by atoms with Crippen molar-refractivity contribution in [1.29, 1.82) is 0 Å². The zero-order chi connectivity index (χ0) is 14.0. The molecule has 0 spiro atoms. The fourth-order valence-corrected chi connectivity index (χ4v) is 1.90. The van der Waals surface area contributed by atoms with Gasteiger partial charge in [0.2, 0.25) is 0 Å². The Balaban J connectivity index is 3.03. The zero-order valence-corrected chi connectivity index (χ0v) is 11.8. The van der Waals surface area contributed by atoms with Gasteiger partial charge in [0.1, 0.15) is 0 Å². The largest absolute Gasteiger partial charge is 0.416 e. The van der Waals surface area contributed by atoms with Crippen molar-refractivity contribution in [3.63, 3.8) is 0 Å². The molecule has 0 heterocycles. The highest BCUT2D eigenvalue weighted by Gasteiger charge is 2.33. The number of hydrogen-bond donors (Lipinski definition) is 1. The van der Waals surface area contributed by atoms with Gasteiger partial charge < -0.3 is 5.32 Å². The first-order valence-corrected chi connectivity index (χ1v) is 6.85. The maximum Gasteiger partial charge on any atom is 0.416 e.